The topological polar surface area (TPSA) is 63.5 Å². The Kier molecular flexibility index (Phi) is 6.15. The number of amides is 1. The summed E-state index contributed by atoms with van der Waals surface area (Å²) < 4.78 is 37.8. The fraction of sp³-hybridized carbons (Fsp3) is 0.615. The third kappa shape index (κ3) is 7.42. The fourth-order valence-corrected chi connectivity index (χ4v) is 1.73. The lowest BCUT2D eigenvalue weighted by molar-refractivity contribution is -0.00404. The van der Waals surface area contributed by atoms with Crippen molar-refractivity contribution >= 4 is 22.0 Å². The van der Waals surface area contributed by atoms with Crippen LogP contribution in [0, 0.1) is 0 Å². The van der Waals surface area contributed by atoms with Crippen LogP contribution in [0.25, 0.3) is 0 Å². The highest BCUT2D eigenvalue weighted by Crippen LogP contribution is 2.18. The molecule has 2 N–H and O–H groups in total. The average molecular weight is 369 g/mol. The first-order chi connectivity index (χ1) is 9.59. The van der Waals surface area contributed by atoms with Crippen molar-refractivity contribution < 1.29 is 22.7 Å². The molecule has 0 spiro atoms. The summed E-state index contributed by atoms with van der Waals surface area (Å²) in [7, 11) is 0. The van der Waals surface area contributed by atoms with E-state index in [4.69, 9.17) is 9.15 Å². The minimum absolute atomic E-state index is 0.162. The van der Waals surface area contributed by atoms with Crippen LogP contribution < -0.4 is 10.6 Å². The predicted octanol–water partition coefficient (Wildman–Crippen LogP) is 3.29. The molecule has 1 aromatic heterocycles. The minimum Gasteiger partial charge on any atom is -0.467 e. The number of hydrogen-bond donors (Lipinski definition) is 2. The molecule has 1 aromatic rings. The Labute approximate surface area is 130 Å². The normalized spacial score (nSPS) is 12.3. The monoisotopic (exact) mass is 368 g/mol. The fourth-order valence-electron chi connectivity index (χ4n) is 1.39. The molecule has 120 valence electrons. The van der Waals surface area contributed by atoms with Gasteiger partial charge in [0.1, 0.15) is 11.4 Å². The van der Waals surface area contributed by atoms with Gasteiger partial charge < -0.3 is 19.8 Å². The number of rotatable bonds is 6. The molecule has 0 aliphatic carbocycles. The molecule has 0 unspecified atom stereocenters. The molecule has 0 saturated carbocycles. The summed E-state index contributed by atoms with van der Waals surface area (Å²) in [5.74, 6) is -2.55. The molecule has 8 heteroatoms. The third-order valence-electron chi connectivity index (χ3n) is 2.25. The molecule has 0 aromatic carbocycles. The van der Waals surface area contributed by atoms with Gasteiger partial charge in [-0.3, -0.25) is 0 Å². The third-order valence-corrected chi connectivity index (χ3v) is 2.96. The summed E-state index contributed by atoms with van der Waals surface area (Å²) in [6.45, 7) is 3.76. The molecule has 0 fully saturated rings. The smallest absolute Gasteiger partial charge is 0.407 e. The van der Waals surface area contributed by atoms with E-state index in [0.717, 1.165) is 0 Å². The number of carbonyl (C=O) groups is 1. The molecule has 5 nitrogen and oxygen atoms in total. The van der Waals surface area contributed by atoms with Gasteiger partial charge in [0, 0.05) is 0 Å². The number of alkyl halides is 2. The predicted molar refractivity (Wildman–Crippen MR) is 77.3 cm³/mol. The lowest BCUT2D eigenvalue weighted by atomic mass is 10.2. The highest BCUT2D eigenvalue weighted by atomic mass is 79.9. The number of alkyl carbamates (subject to hydrolysis) is 1. The van der Waals surface area contributed by atoms with Crippen molar-refractivity contribution in [1.82, 2.24) is 10.6 Å². The molecule has 0 atom stereocenters. The molecule has 21 heavy (non-hydrogen) atoms. The maximum absolute atomic E-state index is 13.6. The van der Waals surface area contributed by atoms with E-state index in [9.17, 15) is 13.6 Å². The Morgan fingerprint density at radius 2 is 2.05 bits per heavy atom. The van der Waals surface area contributed by atoms with Crippen molar-refractivity contribution in [2.75, 3.05) is 13.1 Å². The number of hydrogen-bond acceptors (Lipinski definition) is 4. The van der Waals surface area contributed by atoms with Gasteiger partial charge in [0.25, 0.3) is 5.92 Å². The van der Waals surface area contributed by atoms with Gasteiger partial charge in [-0.2, -0.15) is 0 Å². The summed E-state index contributed by atoms with van der Waals surface area (Å²) in [6.07, 6.45) is 0.597. The molecule has 0 aliphatic rings. The van der Waals surface area contributed by atoms with Crippen LogP contribution in [0.1, 0.15) is 26.5 Å². The van der Waals surface area contributed by atoms with E-state index >= 15 is 0 Å². The zero-order chi connectivity index (χ0) is 16.1. The summed E-state index contributed by atoms with van der Waals surface area (Å²) in [6, 6.07) is 1.68. The standard InChI is InChI=1S/C13H19BrF2N2O3/c1-12(2,3)21-11(19)18-8-13(15,16)7-17-6-10-9(14)4-5-20-10/h4-5,17H,6-8H2,1-3H3,(H,18,19). The van der Waals surface area contributed by atoms with Gasteiger partial charge in [-0.1, -0.05) is 0 Å². The highest BCUT2D eigenvalue weighted by Gasteiger charge is 2.30. The van der Waals surface area contributed by atoms with E-state index in [1.54, 1.807) is 26.8 Å². The van der Waals surface area contributed by atoms with Crippen molar-refractivity contribution in [2.24, 2.45) is 0 Å². The number of nitrogens with one attached hydrogen (secondary N) is 2. The van der Waals surface area contributed by atoms with E-state index in [1.807, 2.05) is 0 Å². The van der Waals surface area contributed by atoms with Gasteiger partial charge in [-0.05, 0) is 42.8 Å². The van der Waals surface area contributed by atoms with Crippen LogP contribution in [0.15, 0.2) is 21.2 Å². The SMILES string of the molecule is CC(C)(C)OC(=O)NCC(F)(F)CNCc1occc1Br. The summed E-state index contributed by atoms with van der Waals surface area (Å²) in [5.41, 5.74) is -0.719. The van der Waals surface area contributed by atoms with E-state index in [0.29, 0.717) is 10.2 Å². The van der Waals surface area contributed by atoms with Crippen LogP contribution in [0.5, 0.6) is 0 Å². The molecular formula is C13H19BrF2N2O3. The minimum atomic E-state index is -3.09. The lowest BCUT2D eigenvalue weighted by Gasteiger charge is -2.22. The highest BCUT2D eigenvalue weighted by molar-refractivity contribution is 9.10. The Balaban J connectivity index is 2.30. The molecule has 0 bridgehead atoms. The zero-order valence-corrected chi connectivity index (χ0v) is 13.7. The second-order valence-electron chi connectivity index (χ2n) is 5.51. The molecular weight excluding hydrogens is 350 g/mol. The number of furan rings is 1. The van der Waals surface area contributed by atoms with Gasteiger partial charge in [-0.25, -0.2) is 13.6 Å². The van der Waals surface area contributed by atoms with Gasteiger partial charge in [0.05, 0.1) is 30.4 Å². The Bertz CT molecular complexity index is 472. The molecule has 1 amide bonds. The Morgan fingerprint density at radius 3 is 2.57 bits per heavy atom. The van der Waals surface area contributed by atoms with Crippen LogP contribution in [-0.2, 0) is 11.3 Å². The summed E-state index contributed by atoms with van der Waals surface area (Å²) in [5, 5.41) is 4.63. The summed E-state index contributed by atoms with van der Waals surface area (Å²) in [4.78, 5) is 11.3. The van der Waals surface area contributed by atoms with Crippen LogP contribution in [0.4, 0.5) is 13.6 Å². The van der Waals surface area contributed by atoms with Crippen molar-refractivity contribution in [1.29, 1.82) is 0 Å². The number of carbonyl (C=O) groups excluding carboxylic acids is 1. The second kappa shape index (κ2) is 7.22. The van der Waals surface area contributed by atoms with Gasteiger partial charge in [0.2, 0.25) is 0 Å². The molecule has 0 radical (unpaired) electrons. The maximum Gasteiger partial charge on any atom is 0.407 e. The van der Waals surface area contributed by atoms with Crippen LogP contribution in [0.3, 0.4) is 0 Å². The van der Waals surface area contributed by atoms with E-state index in [2.05, 4.69) is 26.6 Å². The Morgan fingerprint density at radius 1 is 1.38 bits per heavy atom. The Hall–Kier alpha value is -1.15. The van der Waals surface area contributed by atoms with Crippen LogP contribution in [-0.4, -0.2) is 30.7 Å². The van der Waals surface area contributed by atoms with Gasteiger partial charge in [-0.15, -0.1) is 0 Å². The first kappa shape index (κ1) is 17.9. The van der Waals surface area contributed by atoms with E-state index < -0.39 is 30.7 Å². The van der Waals surface area contributed by atoms with Crippen molar-refractivity contribution in [3.63, 3.8) is 0 Å². The largest absolute Gasteiger partial charge is 0.467 e. The molecule has 0 aliphatic heterocycles. The number of halogens is 3. The zero-order valence-electron chi connectivity index (χ0n) is 12.1. The molecule has 0 saturated heterocycles. The summed E-state index contributed by atoms with van der Waals surface area (Å²) >= 11 is 3.23. The molecule has 1 heterocycles. The average Bonchev–Trinajstić information content (AvgIpc) is 2.71. The lowest BCUT2D eigenvalue weighted by Crippen LogP contribution is -2.44. The first-order valence-electron chi connectivity index (χ1n) is 6.36. The van der Waals surface area contributed by atoms with Crippen molar-refractivity contribution in [2.45, 2.75) is 38.8 Å². The molecule has 1 rings (SSSR count). The van der Waals surface area contributed by atoms with Gasteiger partial charge in [0.15, 0.2) is 0 Å². The van der Waals surface area contributed by atoms with Gasteiger partial charge >= 0.3 is 6.09 Å². The first-order valence-corrected chi connectivity index (χ1v) is 7.16. The second-order valence-corrected chi connectivity index (χ2v) is 6.36. The van der Waals surface area contributed by atoms with Crippen LogP contribution in [0.2, 0.25) is 0 Å². The number of ether oxygens (including phenoxy) is 1. The van der Waals surface area contributed by atoms with Crippen molar-refractivity contribution in [3.05, 3.63) is 22.6 Å². The maximum atomic E-state index is 13.6. The quantitative estimate of drug-likeness (QED) is 0.808. The van der Waals surface area contributed by atoms with E-state index in [-0.39, 0.29) is 6.54 Å². The van der Waals surface area contributed by atoms with Crippen LogP contribution >= 0.6 is 15.9 Å². The van der Waals surface area contributed by atoms with E-state index in [1.165, 1.54) is 6.26 Å². The van der Waals surface area contributed by atoms with Crippen molar-refractivity contribution in [3.8, 4) is 0 Å².